The first kappa shape index (κ1) is 17.6. The van der Waals surface area contributed by atoms with Crippen molar-refractivity contribution in [1.82, 2.24) is 9.88 Å². The van der Waals surface area contributed by atoms with E-state index in [4.69, 9.17) is 11.6 Å². The molecule has 3 aromatic rings. The number of carbonyl (C=O) groups excluding carboxylic acids is 1. The molecule has 0 aliphatic carbocycles. The minimum absolute atomic E-state index is 0.105. The summed E-state index contributed by atoms with van der Waals surface area (Å²) in [6.07, 6.45) is 1.77. The Labute approximate surface area is 163 Å². The van der Waals surface area contributed by atoms with Gasteiger partial charge >= 0.3 is 0 Å². The summed E-state index contributed by atoms with van der Waals surface area (Å²) in [5.74, 6) is 0.105. The summed E-state index contributed by atoms with van der Waals surface area (Å²) in [7, 11) is 0. The molecule has 2 aromatic carbocycles. The molecule has 27 heavy (non-hydrogen) atoms. The highest BCUT2D eigenvalue weighted by atomic mass is 35.5. The number of piperazine rings is 1. The maximum atomic E-state index is 12.6. The fraction of sp³-hybridized carbons (Fsp3) is 0.238. The minimum Gasteiger partial charge on any atom is -0.374 e. The number of nitrogens with zero attached hydrogens (tertiary/aromatic N) is 3. The van der Waals surface area contributed by atoms with Crippen molar-refractivity contribution >= 4 is 39.8 Å². The van der Waals surface area contributed by atoms with Gasteiger partial charge in [-0.1, -0.05) is 35.9 Å². The van der Waals surface area contributed by atoms with Crippen LogP contribution >= 0.6 is 11.6 Å². The standard InChI is InChI=1S/C21H21ClN4O/c22-17-6-2-7-18(14-17)25-10-12-26(13-11-25)20(27)15-24-19-8-1-4-16-5-3-9-23-21(16)19/h1-9,14,24H,10-13,15H2. The van der Waals surface area contributed by atoms with Gasteiger partial charge in [-0.25, -0.2) is 0 Å². The number of anilines is 2. The van der Waals surface area contributed by atoms with Gasteiger partial charge in [0, 0.05) is 48.5 Å². The molecule has 2 heterocycles. The summed E-state index contributed by atoms with van der Waals surface area (Å²) in [5, 5.41) is 5.05. The molecule has 1 amide bonds. The van der Waals surface area contributed by atoms with E-state index in [2.05, 4.69) is 21.3 Å². The normalized spacial score (nSPS) is 14.4. The zero-order valence-electron chi connectivity index (χ0n) is 14.9. The van der Waals surface area contributed by atoms with Gasteiger partial charge in [-0.3, -0.25) is 9.78 Å². The van der Waals surface area contributed by atoms with Crippen molar-refractivity contribution in [1.29, 1.82) is 0 Å². The fourth-order valence-electron chi connectivity index (χ4n) is 3.42. The molecule has 0 radical (unpaired) electrons. The average molecular weight is 381 g/mol. The lowest BCUT2D eigenvalue weighted by molar-refractivity contribution is -0.129. The second-order valence-corrected chi connectivity index (χ2v) is 7.02. The third-order valence-corrected chi connectivity index (χ3v) is 5.10. The fourth-order valence-corrected chi connectivity index (χ4v) is 3.60. The van der Waals surface area contributed by atoms with Crippen LogP contribution in [0.2, 0.25) is 5.02 Å². The molecular formula is C21H21ClN4O. The van der Waals surface area contributed by atoms with Crippen molar-refractivity contribution in [3.63, 3.8) is 0 Å². The number of fused-ring (bicyclic) bond motifs is 1. The molecular weight excluding hydrogens is 360 g/mol. The van der Waals surface area contributed by atoms with Crippen molar-refractivity contribution in [3.05, 3.63) is 65.8 Å². The number of pyridine rings is 1. The molecule has 4 rings (SSSR count). The lowest BCUT2D eigenvalue weighted by Gasteiger charge is -2.36. The van der Waals surface area contributed by atoms with E-state index in [9.17, 15) is 4.79 Å². The van der Waals surface area contributed by atoms with Gasteiger partial charge in [0.15, 0.2) is 0 Å². The van der Waals surface area contributed by atoms with Crippen molar-refractivity contribution in [2.45, 2.75) is 0 Å². The van der Waals surface area contributed by atoms with Gasteiger partial charge in [0.2, 0.25) is 5.91 Å². The summed E-state index contributed by atoms with van der Waals surface area (Å²) in [5.41, 5.74) is 2.88. The molecule has 5 nitrogen and oxygen atoms in total. The first-order valence-corrected chi connectivity index (χ1v) is 9.44. The smallest absolute Gasteiger partial charge is 0.241 e. The lowest BCUT2D eigenvalue weighted by Crippen LogP contribution is -2.50. The molecule has 6 heteroatoms. The second-order valence-electron chi connectivity index (χ2n) is 6.58. The predicted octanol–water partition coefficient (Wildman–Crippen LogP) is 3.65. The summed E-state index contributed by atoms with van der Waals surface area (Å²) < 4.78 is 0. The van der Waals surface area contributed by atoms with E-state index in [1.54, 1.807) is 6.20 Å². The van der Waals surface area contributed by atoms with Gasteiger partial charge in [0.05, 0.1) is 17.7 Å². The Kier molecular flexibility index (Phi) is 5.12. The highest BCUT2D eigenvalue weighted by Crippen LogP contribution is 2.22. The zero-order chi connectivity index (χ0) is 18.6. The molecule has 1 N–H and O–H groups in total. The summed E-state index contributed by atoms with van der Waals surface area (Å²) in [6.45, 7) is 3.30. The second kappa shape index (κ2) is 7.84. The number of para-hydroxylation sites is 1. The van der Waals surface area contributed by atoms with Crippen molar-refractivity contribution in [3.8, 4) is 0 Å². The molecule has 138 valence electrons. The Morgan fingerprint density at radius 2 is 1.81 bits per heavy atom. The molecule has 1 aromatic heterocycles. The summed E-state index contributed by atoms with van der Waals surface area (Å²) >= 11 is 6.08. The molecule has 0 spiro atoms. The number of carbonyl (C=O) groups is 1. The van der Waals surface area contributed by atoms with E-state index >= 15 is 0 Å². The molecule has 0 atom stereocenters. The Balaban J connectivity index is 1.34. The summed E-state index contributed by atoms with van der Waals surface area (Å²) in [6, 6.07) is 17.7. The number of rotatable bonds is 4. The Morgan fingerprint density at radius 1 is 1.04 bits per heavy atom. The van der Waals surface area contributed by atoms with Gasteiger partial charge in [-0.2, -0.15) is 0 Å². The average Bonchev–Trinajstić information content (AvgIpc) is 2.72. The van der Waals surface area contributed by atoms with Crippen LogP contribution in [0.15, 0.2) is 60.8 Å². The molecule has 0 unspecified atom stereocenters. The first-order valence-electron chi connectivity index (χ1n) is 9.06. The van der Waals surface area contributed by atoms with E-state index < -0.39 is 0 Å². The quantitative estimate of drug-likeness (QED) is 0.750. The van der Waals surface area contributed by atoms with Gasteiger partial charge in [0.25, 0.3) is 0 Å². The van der Waals surface area contributed by atoms with Crippen molar-refractivity contribution in [2.75, 3.05) is 42.9 Å². The van der Waals surface area contributed by atoms with Crippen LogP contribution < -0.4 is 10.2 Å². The monoisotopic (exact) mass is 380 g/mol. The number of hydrogen-bond donors (Lipinski definition) is 1. The summed E-state index contributed by atoms with van der Waals surface area (Å²) in [4.78, 5) is 21.2. The zero-order valence-corrected chi connectivity index (χ0v) is 15.7. The van der Waals surface area contributed by atoms with Crippen LogP contribution in [0.3, 0.4) is 0 Å². The van der Waals surface area contributed by atoms with E-state index in [1.807, 2.05) is 53.4 Å². The molecule has 1 aliphatic heterocycles. The van der Waals surface area contributed by atoms with Crippen molar-refractivity contribution < 1.29 is 4.79 Å². The van der Waals surface area contributed by atoms with Crippen LogP contribution in [0.4, 0.5) is 11.4 Å². The SMILES string of the molecule is O=C(CNc1cccc2cccnc12)N1CCN(c2cccc(Cl)c2)CC1. The topological polar surface area (TPSA) is 48.5 Å². The van der Waals surface area contributed by atoms with Crippen LogP contribution in [-0.2, 0) is 4.79 Å². The number of benzene rings is 2. The van der Waals surface area contributed by atoms with E-state index in [0.717, 1.165) is 40.4 Å². The lowest BCUT2D eigenvalue weighted by atomic mass is 10.2. The van der Waals surface area contributed by atoms with Crippen LogP contribution in [0, 0.1) is 0 Å². The number of aromatic nitrogens is 1. The van der Waals surface area contributed by atoms with E-state index in [1.165, 1.54) is 0 Å². The number of amides is 1. The van der Waals surface area contributed by atoms with Crippen LogP contribution in [0.25, 0.3) is 10.9 Å². The number of nitrogens with one attached hydrogen (secondary N) is 1. The Hall–Kier alpha value is -2.79. The van der Waals surface area contributed by atoms with E-state index in [0.29, 0.717) is 13.1 Å². The van der Waals surface area contributed by atoms with E-state index in [-0.39, 0.29) is 12.5 Å². The minimum atomic E-state index is 0.105. The largest absolute Gasteiger partial charge is 0.374 e. The van der Waals surface area contributed by atoms with Gasteiger partial charge < -0.3 is 15.1 Å². The number of halogens is 1. The van der Waals surface area contributed by atoms with Crippen molar-refractivity contribution in [2.24, 2.45) is 0 Å². The molecule has 1 saturated heterocycles. The Morgan fingerprint density at radius 3 is 2.63 bits per heavy atom. The Bertz CT molecular complexity index is 948. The molecule has 0 bridgehead atoms. The third kappa shape index (κ3) is 3.98. The van der Waals surface area contributed by atoms with Crippen LogP contribution in [0.1, 0.15) is 0 Å². The maximum absolute atomic E-state index is 12.6. The van der Waals surface area contributed by atoms with Gasteiger partial charge in [-0.15, -0.1) is 0 Å². The van der Waals surface area contributed by atoms with Gasteiger partial charge in [0.1, 0.15) is 0 Å². The predicted molar refractivity (Wildman–Crippen MR) is 110 cm³/mol. The maximum Gasteiger partial charge on any atom is 0.241 e. The highest BCUT2D eigenvalue weighted by Gasteiger charge is 2.21. The van der Waals surface area contributed by atoms with Crippen LogP contribution in [0.5, 0.6) is 0 Å². The number of hydrogen-bond acceptors (Lipinski definition) is 4. The molecule has 0 saturated carbocycles. The third-order valence-electron chi connectivity index (χ3n) is 4.87. The molecule has 1 aliphatic rings. The van der Waals surface area contributed by atoms with Gasteiger partial charge in [-0.05, 0) is 30.3 Å². The highest BCUT2D eigenvalue weighted by molar-refractivity contribution is 6.30. The molecule has 1 fully saturated rings. The van der Waals surface area contributed by atoms with Crippen LogP contribution in [-0.4, -0.2) is 48.5 Å². The first-order chi connectivity index (χ1) is 13.2.